The van der Waals surface area contributed by atoms with Crippen LogP contribution in [-0.2, 0) is 0 Å². The summed E-state index contributed by atoms with van der Waals surface area (Å²) in [6.45, 7) is 1.97. The summed E-state index contributed by atoms with van der Waals surface area (Å²) < 4.78 is 15.4. The maximum Gasteiger partial charge on any atom is 0.129 e. The highest BCUT2D eigenvalue weighted by Crippen LogP contribution is 2.40. The number of benzene rings is 1. The van der Waals surface area contributed by atoms with Crippen molar-refractivity contribution in [2.24, 2.45) is 0 Å². The summed E-state index contributed by atoms with van der Waals surface area (Å²) in [4.78, 5) is 0.887. The molecule has 2 aromatic rings. The minimum absolute atomic E-state index is 0.367. The zero-order valence-electron chi connectivity index (χ0n) is 9.11. The van der Waals surface area contributed by atoms with E-state index in [1.54, 1.807) is 6.07 Å². The van der Waals surface area contributed by atoms with Crippen molar-refractivity contribution in [1.29, 1.82) is 0 Å². The Labute approximate surface area is 135 Å². The molecule has 0 spiro atoms. The van der Waals surface area contributed by atoms with Crippen molar-refractivity contribution >= 4 is 66.4 Å². The highest BCUT2D eigenvalue weighted by Gasteiger charge is 2.19. The van der Waals surface area contributed by atoms with E-state index < -0.39 is 5.38 Å². The average Bonchev–Trinajstić information content (AvgIpc) is 2.63. The van der Waals surface area contributed by atoms with E-state index in [9.17, 15) is 4.39 Å². The van der Waals surface area contributed by atoms with Gasteiger partial charge in [-0.1, -0.05) is 11.6 Å². The molecular formula is C12H7Br2Cl2FS. The van der Waals surface area contributed by atoms with Gasteiger partial charge in [0.2, 0.25) is 0 Å². The predicted octanol–water partition coefficient (Wildman–Crippen LogP) is 6.70. The molecule has 0 fully saturated rings. The van der Waals surface area contributed by atoms with Crippen LogP contribution in [0.2, 0.25) is 5.02 Å². The van der Waals surface area contributed by atoms with Crippen LogP contribution >= 0.6 is 66.4 Å². The molecule has 0 aliphatic rings. The number of hydrogen-bond donors (Lipinski definition) is 0. The number of halogens is 5. The topological polar surface area (TPSA) is 0 Å². The molecule has 0 saturated carbocycles. The maximum atomic E-state index is 13.9. The molecule has 96 valence electrons. The Morgan fingerprint density at radius 1 is 1.28 bits per heavy atom. The zero-order chi connectivity index (χ0) is 13.4. The van der Waals surface area contributed by atoms with Crippen molar-refractivity contribution in [3.63, 3.8) is 0 Å². The molecule has 18 heavy (non-hydrogen) atoms. The minimum Gasteiger partial charge on any atom is -0.207 e. The number of aryl methyl sites for hydroxylation is 1. The van der Waals surface area contributed by atoms with Crippen LogP contribution in [-0.4, -0.2) is 0 Å². The fourth-order valence-corrected chi connectivity index (χ4v) is 3.91. The molecule has 1 heterocycles. The maximum absolute atomic E-state index is 13.9. The SMILES string of the molecule is Cc1cc(C(Cl)c2cc(Cl)c(Br)cc2F)sc1Br. The first-order valence-electron chi connectivity index (χ1n) is 4.94. The van der Waals surface area contributed by atoms with Crippen LogP contribution in [0.5, 0.6) is 0 Å². The first-order chi connectivity index (χ1) is 8.40. The van der Waals surface area contributed by atoms with Crippen LogP contribution in [0.15, 0.2) is 26.5 Å². The average molecular weight is 433 g/mol. The van der Waals surface area contributed by atoms with Crippen LogP contribution < -0.4 is 0 Å². The largest absolute Gasteiger partial charge is 0.207 e. The minimum atomic E-state index is -0.536. The Morgan fingerprint density at radius 2 is 1.94 bits per heavy atom. The Morgan fingerprint density at radius 3 is 2.50 bits per heavy atom. The van der Waals surface area contributed by atoms with E-state index in [4.69, 9.17) is 23.2 Å². The second-order valence-electron chi connectivity index (χ2n) is 3.76. The summed E-state index contributed by atoms with van der Waals surface area (Å²) in [5.41, 5.74) is 1.47. The van der Waals surface area contributed by atoms with E-state index in [0.29, 0.717) is 15.1 Å². The highest BCUT2D eigenvalue weighted by molar-refractivity contribution is 9.11. The van der Waals surface area contributed by atoms with Crippen LogP contribution in [0, 0.1) is 12.7 Å². The molecule has 1 unspecified atom stereocenters. The van der Waals surface area contributed by atoms with E-state index in [1.807, 2.05) is 13.0 Å². The molecule has 0 bridgehead atoms. The van der Waals surface area contributed by atoms with E-state index in [1.165, 1.54) is 17.4 Å². The third-order valence-corrected chi connectivity index (χ3v) is 6.44. The number of hydrogen-bond acceptors (Lipinski definition) is 1. The van der Waals surface area contributed by atoms with Gasteiger partial charge in [0.1, 0.15) is 5.82 Å². The van der Waals surface area contributed by atoms with Crippen molar-refractivity contribution in [3.05, 3.63) is 53.3 Å². The van der Waals surface area contributed by atoms with E-state index >= 15 is 0 Å². The zero-order valence-corrected chi connectivity index (χ0v) is 14.6. The van der Waals surface area contributed by atoms with Gasteiger partial charge in [-0.3, -0.25) is 0 Å². The fourth-order valence-electron chi connectivity index (χ4n) is 1.49. The van der Waals surface area contributed by atoms with E-state index in [0.717, 1.165) is 14.2 Å². The Bertz CT molecular complexity index is 579. The highest BCUT2D eigenvalue weighted by atomic mass is 79.9. The first-order valence-corrected chi connectivity index (χ1v) is 8.16. The van der Waals surface area contributed by atoms with Gasteiger partial charge in [0.25, 0.3) is 0 Å². The second-order valence-corrected chi connectivity index (χ2v) is 7.86. The molecular weight excluding hydrogens is 426 g/mol. The van der Waals surface area contributed by atoms with Gasteiger partial charge >= 0.3 is 0 Å². The molecule has 1 aromatic heterocycles. The van der Waals surface area contributed by atoms with Crippen molar-refractivity contribution in [2.75, 3.05) is 0 Å². The molecule has 0 aliphatic carbocycles. The third-order valence-electron chi connectivity index (χ3n) is 2.44. The summed E-state index contributed by atoms with van der Waals surface area (Å²) in [6, 6.07) is 4.84. The van der Waals surface area contributed by atoms with Crippen molar-refractivity contribution in [1.82, 2.24) is 0 Å². The number of rotatable bonds is 2. The standard InChI is InChI=1S/C12H7Br2Cl2FS/c1-5-2-10(18-12(5)14)11(16)6-3-8(15)7(13)4-9(6)17/h2-4,11H,1H3. The molecule has 0 aliphatic heterocycles. The van der Waals surface area contributed by atoms with Gasteiger partial charge in [-0.2, -0.15) is 0 Å². The Kier molecular flexibility index (Phi) is 4.76. The quantitative estimate of drug-likeness (QED) is 0.365. The third kappa shape index (κ3) is 2.93. The monoisotopic (exact) mass is 430 g/mol. The van der Waals surface area contributed by atoms with Gasteiger partial charge in [-0.15, -0.1) is 22.9 Å². The normalized spacial score (nSPS) is 12.8. The molecule has 1 atom stereocenters. The summed E-state index contributed by atoms with van der Waals surface area (Å²) in [5.74, 6) is -0.367. The van der Waals surface area contributed by atoms with Gasteiger partial charge in [-0.25, -0.2) is 4.39 Å². The van der Waals surface area contributed by atoms with E-state index in [-0.39, 0.29) is 5.82 Å². The lowest BCUT2D eigenvalue weighted by Crippen LogP contribution is -1.95. The summed E-state index contributed by atoms with van der Waals surface area (Å²) in [6.07, 6.45) is 0. The van der Waals surface area contributed by atoms with Crippen molar-refractivity contribution in [3.8, 4) is 0 Å². The molecule has 0 saturated heterocycles. The second kappa shape index (κ2) is 5.80. The lowest BCUT2D eigenvalue weighted by molar-refractivity contribution is 0.612. The molecule has 6 heteroatoms. The van der Waals surface area contributed by atoms with Gasteiger partial charge in [0.15, 0.2) is 0 Å². The van der Waals surface area contributed by atoms with Crippen LogP contribution in [0.3, 0.4) is 0 Å². The summed E-state index contributed by atoms with van der Waals surface area (Å²) in [7, 11) is 0. The molecule has 0 amide bonds. The fraction of sp³-hybridized carbons (Fsp3) is 0.167. The van der Waals surface area contributed by atoms with Gasteiger partial charge in [0.05, 0.1) is 14.2 Å². The Hall–Kier alpha value is 0.390. The number of thiophene rings is 1. The number of alkyl halides is 1. The van der Waals surface area contributed by atoms with Crippen LogP contribution in [0.1, 0.15) is 21.4 Å². The van der Waals surface area contributed by atoms with Crippen LogP contribution in [0.25, 0.3) is 0 Å². The predicted molar refractivity (Wildman–Crippen MR) is 83.6 cm³/mol. The van der Waals surface area contributed by atoms with Crippen LogP contribution in [0.4, 0.5) is 4.39 Å². The summed E-state index contributed by atoms with van der Waals surface area (Å²) >= 11 is 20.4. The lowest BCUT2D eigenvalue weighted by atomic mass is 10.1. The molecule has 0 radical (unpaired) electrons. The van der Waals surface area contributed by atoms with Gasteiger partial charge < -0.3 is 0 Å². The molecule has 2 rings (SSSR count). The van der Waals surface area contributed by atoms with Gasteiger partial charge in [0, 0.05) is 14.9 Å². The summed E-state index contributed by atoms with van der Waals surface area (Å²) in [5, 5.41) is -0.0880. The molecule has 0 N–H and O–H groups in total. The van der Waals surface area contributed by atoms with Crippen molar-refractivity contribution < 1.29 is 4.39 Å². The van der Waals surface area contributed by atoms with Crippen molar-refractivity contribution in [2.45, 2.75) is 12.3 Å². The molecule has 1 aromatic carbocycles. The lowest BCUT2D eigenvalue weighted by Gasteiger charge is -2.10. The van der Waals surface area contributed by atoms with Gasteiger partial charge in [-0.05, 0) is 62.5 Å². The Balaban J connectivity index is 2.45. The molecule has 0 nitrogen and oxygen atoms in total. The van der Waals surface area contributed by atoms with E-state index in [2.05, 4.69) is 31.9 Å². The first kappa shape index (κ1) is 14.8. The smallest absolute Gasteiger partial charge is 0.129 e.